The molecule has 1 aromatic heterocycles. The van der Waals surface area contributed by atoms with Gasteiger partial charge in [0.2, 0.25) is 0 Å². The van der Waals surface area contributed by atoms with Crippen LogP contribution < -0.4 is 14.8 Å². The maximum atomic E-state index is 13.2. The van der Waals surface area contributed by atoms with Gasteiger partial charge in [-0.25, -0.2) is 9.07 Å². The van der Waals surface area contributed by atoms with Crippen LogP contribution in [0.2, 0.25) is 0 Å². The third kappa shape index (κ3) is 4.81. The first-order chi connectivity index (χ1) is 13.4. The molecule has 28 heavy (non-hydrogen) atoms. The number of carbonyl (C=O) groups excluding carboxylic acids is 1. The third-order valence-corrected chi connectivity index (χ3v) is 3.73. The molecule has 1 heterocycles. The van der Waals surface area contributed by atoms with E-state index in [2.05, 4.69) is 15.2 Å². The van der Waals surface area contributed by atoms with Gasteiger partial charge in [0, 0.05) is 12.3 Å². The van der Waals surface area contributed by atoms with Crippen molar-refractivity contribution in [2.75, 3.05) is 5.32 Å². The second kappa shape index (κ2) is 8.47. The topological polar surface area (TPSA) is 65.4 Å². The molecule has 0 spiro atoms. The Hall–Kier alpha value is -3.49. The fourth-order valence-corrected chi connectivity index (χ4v) is 2.39. The number of hydrogen-bond donors (Lipinski definition) is 1. The summed E-state index contributed by atoms with van der Waals surface area (Å²) in [6.07, 6.45) is 1.54. The molecule has 0 aliphatic carbocycles. The highest BCUT2D eigenvalue weighted by Crippen LogP contribution is 2.27. The van der Waals surface area contributed by atoms with Gasteiger partial charge in [-0.3, -0.25) is 4.79 Å². The molecule has 3 rings (SSSR count). The van der Waals surface area contributed by atoms with Crippen molar-refractivity contribution in [3.63, 3.8) is 0 Å². The highest BCUT2D eigenvalue weighted by molar-refractivity contribution is 6.03. The van der Waals surface area contributed by atoms with Gasteiger partial charge in [0.15, 0.2) is 18.2 Å². The zero-order chi connectivity index (χ0) is 20.1. The lowest BCUT2D eigenvalue weighted by Crippen LogP contribution is -2.16. The first-order valence-corrected chi connectivity index (χ1v) is 8.20. The van der Waals surface area contributed by atoms with Gasteiger partial charge in [-0.1, -0.05) is 18.2 Å². The number of aryl methyl sites for hydroxylation is 1. The van der Waals surface area contributed by atoms with E-state index in [0.717, 1.165) is 23.8 Å². The van der Waals surface area contributed by atoms with Gasteiger partial charge < -0.3 is 14.8 Å². The molecular weight excluding hydrogens is 375 g/mol. The quantitative estimate of drug-likeness (QED) is 0.655. The molecule has 0 aliphatic heterocycles. The summed E-state index contributed by atoms with van der Waals surface area (Å²) in [6.45, 7) is -1.18. The number of aromatic nitrogens is 2. The predicted molar refractivity (Wildman–Crippen MR) is 95.0 cm³/mol. The van der Waals surface area contributed by atoms with Crippen molar-refractivity contribution in [3.05, 3.63) is 71.8 Å². The number of rotatable bonds is 7. The fourth-order valence-electron chi connectivity index (χ4n) is 2.39. The smallest absolute Gasteiger partial charge is 0.387 e. The number of amides is 1. The molecule has 0 radical (unpaired) electrons. The lowest BCUT2D eigenvalue weighted by molar-refractivity contribution is -0.0495. The number of nitrogens with one attached hydrogen (secondary N) is 1. The van der Waals surface area contributed by atoms with E-state index in [4.69, 9.17) is 4.74 Å². The summed E-state index contributed by atoms with van der Waals surface area (Å²) in [5, 5.41) is 6.45. The highest BCUT2D eigenvalue weighted by Gasteiger charge is 2.16. The van der Waals surface area contributed by atoms with Crippen LogP contribution in [0.5, 0.6) is 11.5 Å². The van der Waals surface area contributed by atoms with E-state index in [-0.39, 0.29) is 18.1 Å². The molecule has 0 unspecified atom stereocenters. The molecular formula is C19H16F3N3O3. The van der Waals surface area contributed by atoms with E-state index in [9.17, 15) is 18.0 Å². The maximum Gasteiger partial charge on any atom is 0.387 e. The summed E-state index contributed by atoms with van der Waals surface area (Å²) in [5.41, 5.74) is 0.883. The van der Waals surface area contributed by atoms with Gasteiger partial charge in [-0.2, -0.15) is 13.9 Å². The summed E-state index contributed by atoms with van der Waals surface area (Å²) in [4.78, 5) is 12.3. The number of hydrogen-bond acceptors (Lipinski definition) is 4. The zero-order valence-corrected chi connectivity index (χ0v) is 14.7. The summed E-state index contributed by atoms with van der Waals surface area (Å²) in [5.74, 6) is -1.23. The number of para-hydroxylation sites is 1. The number of carbonyl (C=O) groups is 1. The molecule has 1 N–H and O–H groups in total. The Morgan fingerprint density at radius 2 is 1.96 bits per heavy atom. The largest absolute Gasteiger partial charge is 0.471 e. The number of ether oxygens (including phenoxy) is 2. The summed E-state index contributed by atoms with van der Waals surface area (Å²) >= 11 is 0. The van der Waals surface area contributed by atoms with Gasteiger partial charge >= 0.3 is 6.61 Å². The molecule has 0 aliphatic rings. The van der Waals surface area contributed by atoms with Crippen LogP contribution in [-0.2, 0) is 6.73 Å². The molecule has 2 aromatic carbocycles. The number of alkyl halides is 2. The minimum atomic E-state index is -3.16. The number of halogens is 3. The number of nitrogens with zero attached hydrogens (tertiary/aromatic N) is 2. The van der Waals surface area contributed by atoms with Crippen molar-refractivity contribution in [2.45, 2.75) is 20.3 Å². The molecule has 146 valence electrons. The van der Waals surface area contributed by atoms with Crippen molar-refractivity contribution in [1.82, 2.24) is 9.78 Å². The number of benzene rings is 2. The van der Waals surface area contributed by atoms with Gasteiger partial charge in [-0.15, -0.1) is 0 Å². The van der Waals surface area contributed by atoms with Crippen LogP contribution in [0.3, 0.4) is 0 Å². The Balaban J connectivity index is 1.67. The van der Waals surface area contributed by atoms with Crippen LogP contribution in [0, 0.1) is 12.7 Å². The first kappa shape index (κ1) is 19.3. The average Bonchev–Trinajstić information content (AvgIpc) is 3.12. The Bertz CT molecular complexity index is 976. The normalized spacial score (nSPS) is 10.8. The van der Waals surface area contributed by atoms with E-state index in [1.807, 2.05) is 31.2 Å². The summed E-state index contributed by atoms with van der Waals surface area (Å²) in [6, 6.07) is 11.8. The minimum Gasteiger partial charge on any atom is -0.471 e. The lowest BCUT2D eigenvalue weighted by Gasteiger charge is -2.11. The molecule has 1 amide bonds. The van der Waals surface area contributed by atoms with Gasteiger partial charge in [0.25, 0.3) is 5.91 Å². The molecule has 0 fully saturated rings. The lowest BCUT2D eigenvalue weighted by atomic mass is 10.2. The van der Waals surface area contributed by atoms with Gasteiger partial charge in [0.05, 0.1) is 5.69 Å². The van der Waals surface area contributed by atoms with Crippen LogP contribution in [-0.4, -0.2) is 22.3 Å². The Morgan fingerprint density at radius 1 is 1.18 bits per heavy atom. The standard InChI is InChI=1S/C19H16F3N3O3/c1-12-4-2-3-5-16(12)27-11-25-9-8-15(24-25)18(26)23-14-7-6-13(20)10-17(14)28-19(21)22/h2-10,19H,11H2,1H3,(H,23,26). The van der Waals surface area contributed by atoms with Crippen LogP contribution >= 0.6 is 0 Å². The van der Waals surface area contributed by atoms with Crippen molar-refractivity contribution < 1.29 is 27.4 Å². The molecule has 0 saturated heterocycles. The van der Waals surface area contributed by atoms with Crippen molar-refractivity contribution in [2.24, 2.45) is 0 Å². The van der Waals surface area contributed by atoms with Crippen LogP contribution in [0.1, 0.15) is 16.1 Å². The fraction of sp³-hybridized carbons (Fsp3) is 0.158. The van der Waals surface area contributed by atoms with Crippen LogP contribution in [0.25, 0.3) is 0 Å². The molecule has 0 saturated carbocycles. The Labute approximate surface area is 158 Å². The average molecular weight is 391 g/mol. The molecule has 0 bridgehead atoms. The third-order valence-electron chi connectivity index (χ3n) is 3.73. The first-order valence-electron chi connectivity index (χ1n) is 8.20. The highest BCUT2D eigenvalue weighted by atomic mass is 19.3. The molecule has 3 aromatic rings. The van der Waals surface area contributed by atoms with E-state index in [1.165, 1.54) is 16.9 Å². The maximum absolute atomic E-state index is 13.2. The number of anilines is 1. The monoisotopic (exact) mass is 391 g/mol. The van der Waals surface area contributed by atoms with E-state index < -0.39 is 24.1 Å². The van der Waals surface area contributed by atoms with E-state index >= 15 is 0 Å². The second-order valence-corrected chi connectivity index (χ2v) is 5.75. The van der Waals surface area contributed by atoms with Crippen LogP contribution in [0.4, 0.5) is 18.9 Å². The van der Waals surface area contributed by atoms with Crippen molar-refractivity contribution >= 4 is 11.6 Å². The molecule has 0 atom stereocenters. The Kier molecular flexibility index (Phi) is 5.83. The molecule has 9 heteroatoms. The summed E-state index contributed by atoms with van der Waals surface area (Å²) < 4.78 is 49.4. The van der Waals surface area contributed by atoms with Gasteiger partial charge in [-0.05, 0) is 36.8 Å². The van der Waals surface area contributed by atoms with Gasteiger partial charge in [0.1, 0.15) is 11.6 Å². The van der Waals surface area contributed by atoms with Crippen molar-refractivity contribution in [1.29, 1.82) is 0 Å². The van der Waals surface area contributed by atoms with Crippen molar-refractivity contribution in [3.8, 4) is 11.5 Å². The zero-order valence-electron chi connectivity index (χ0n) is 14.7. The van der Waals surface area contributed by atoms with E-state index in [1.54, 1.807) is 0 Å². The van der Waals surface area contributed by atoms with Crippen LogP contribution in [0.15, 0.2) is 54.7 Å². The van der Waals surface area contributed by atoms with E-state index in [0.29, 0.717) is 5.75 Å². The Morgan fingerprint density at radius 3 is 2.71 bits per heavy atom. The minimum absolute atomic E-state index is 0.0284. The predicted octanol–water partition coefficient (Wildman–Crippen LogP) is 4.22. The SMILES string of the molecule is Cc1ccccc1OCn1ccc(C(=O)Nc2ccc(F)cc2OC(F)F)n1. The summed E-state index contributed by atoms with van der Waals surface area (Å²) in [7, 11) is 0. The second-order valence-electron chi connectivity index (χ2n) is 5.75. The molecule has 6 nitrogen and oxygen atoms in total.